The lowest BCUT2D eigenvalue weighted by atomic mass is 10.3. The van der Waals surface area contributed by atoms with E-state index in [0.717, 1.165) is 0 Å². The summed E-state index contributed by atoms with van der Waals surface area (Å²) in [6.07, 6.45) is 0. The van der Waals surface area contributed by atoms with Crippen molar-refractivity contribution in [2.24, 2.45) is 0 Å². The van der Waals surface area contributed by atoms with Crippen molar-refractivity contribution < 1.29 is 4.79 Å². The Balaban J connectivity index is 2.53. The number of likely N-dealkylation sites (N-methyl/N-ethyl adjacent to an activating group) is 1. The first kappa shape index (κ1) is 12.4. The highest BCUT2D eigenvalue weighted by Gasteiger charge is 2.09. The Morgan fingerprint density at radius 1 is 1.56 bits per heavy atom. The molecule has 1 heterocycles. The van der Waals surface area contributed by atoms with Crippen LogP contribution in [0.2, 0.25) is 0 Å². The number of nitrogens with zero attached hydrogens (tertiary/aromatic N) is 2. The number of nitrogens with one attached hydrogen (secondary N) is 2. The second-order valence-electron chi connectivity index (χ2n) is 3.83. The van der Waals surface area contributed by atoms with Gasteiger partial charge in [-0.3, -0.25) is 9.59 Å². The Hall–Kier alpha value is -1.69. The van der Waals surface area contributed by atoms with E-state index in [2.05, 4.69) is 15.5 Å². The molecule has 0 fully saturated rings. The summed E-state index contributed by atoms with van der Waals surface area (Å²) in [5.41, 5.74) is -0.108. The molecule has 1 aromatic rings. The number of aromatic amines is 1. The Kier molecular flexibility index (Phi) is 4.19. The molecular formula is C10H16N4O2. The van der Waals surface area contributed by atoms with Gasteiger partial charge in [-0.15, -0.1) is 0 Å². The van der Waals surface area contributed by atoms with E-state index in [-0.39, 0.29) is 23.2 Å². The van der Waals surface area contributed by atoms with Gasteiger partial charge in [-0.1, -0.05) is 0 Å². The first-order valence-electron chi connectivity index (χ1n) is 5.01. The van der Waals surface area contributed by atoms with Crippen LogP contribution in [0.5, 0.6) is 0 Å². The highest BCUT2D eigenvalue weighted by atomic mass is 16.2. The van der Waals surface area contributed by atoms with E-state index < -0.39 is 0 Å². The summed E-state index contributed by atoms with van der Waals surface area (Å²) < 4.78 is 0. The Labute approximate surface area is 93.7 Å². The molecule has 0 aliphatic heterocycles. The van der Waals surface area contributed by atoms with Crippen molar-refractivity contribution in [1.29, 1.82) is 0 Å². The summed E-state index contributed by atoms with van der Waals surface area (Å²) in [6, 6.07) is 2.91. The lowest BCUT2D eigenvalue weighted by Gasteiger charge is -2.19. The SMILES string of the molecule is C[C@@H](CNC(=O)c1ccc(=O)[nH]n1)N(C)C. The third-order valence-corrected chi connectivity index (χ3v) is 2.35. The van der Waals surface area contributed by atoms with Gasteiger partial charge < -0.3 is 10.2 Å². The van der Waals surface area contributed by atoms with Gasteiger partial charge in [0.1, 0.15) is 5.69 Å². The van der Waals surface area contributed by atoms with Crippen molar-refractivity contribution in [2.45, 2.75) is 13.0 Å². The number of aromatic nitrogens is 2. The molecule has 0 radical (unpaired) electrons. The zero-order chi connectivity index (χ0) is 12.1. The normalized spacial score (nSPS) is 12.5. The van der Waals surface area contributed by atoms with E-state index in [1.54, 1.807) is 0 Å². The standard InChI is InChI=1S/C10H16N4O2/c1-7(14(2)3)6-11-10(16)8-4-5-9(15)13-12-8/h4-5,7H,6H2,1-3H3,(H,11,16)(H,13,15)/t7-/m0/s1. The van der Waals surface area contributed by atoms with Crippen LogP contribution in [0.25, 0.3) is 0 Å². The average Bonchev–Trinajstić information content (AvgIpc) is 2.26. The van der Waals surface area contributed by atoms with Gasteiger partial charge in [0.25, 0.3) is 11.5 Å². The van der Waals surface area contributed by atoms with Crippen LogP contribution in [0.1, 0.15) is 17.4 Å². The van der Waals surface area contributed by atoms with E-state index in [1.807, 2.05) is 25.9 Å². The fourth-order valence-corrected chi connectivity index (χ4v) is 0.984. The number of carbonyl (C=O) groups excluding carboxylic acids is 1. The minimum atomic E-state index is -0.321. The number of amides is 1. The van der Waals surface area contributed by atoms with Gasteiger partial charge in [0.15, 0.2) is 0 Å². The molecule has 0 bridgehead atoms. The van der Waals surface area contributed by atoms with Gasteiger partial charge >= 0.3 is 0 Å². The van der Waals surface area contributed by atoms with E-state index in [1.165, 1.54) is 12.1 Å². The van der Waals surface area contributed by atoms with E-state index in [0.29, 0.717) is 6.54 Å². The second kappa shape index (κ2) is 5.41. The molecule has 1 amide bonds. The van der Waals surface area contributed by atoms with Crippen LogP contribution in [0.3, 0.4) is 0 Å². The Morgan fingerprint density at radius 2 is 2.25 bits per heavy atom. The van der Waals surface area contributed by atoms with Crippen LogP contribution >= 0.6 is 0 Å². The zero-order valence-corrected chi connectivity index (χ0v) is 9.65. The monoisotopic (exact) mass is 224 g/mol. The first-order valence-corrected chi connectivity index (χ1v) is 5.01. The van der Waals surface area contributed by atoms with Gasteiger partial charge in [-0.25, -0.2) is 5.10 Å². The number of hydrogen-bond acceptors (Lipinski definition) is 4. The van der Waals surface area contributed by atoms with Gasteiger partial charge in [-0.2, -0.15) is 5.10 Å². The highest BCUT2D eigenvalue weighted by molar-refractivity contribution is 5.91. The van der Waals surface area contributed by atoms with Crippen molar-refractivity contribution in [3.8, 4) is 0 Å². The zero-order valence-electron chi connectivity index (χ0n) is 9.65. The van der Waals surface area contributed by atoms with E-state index in [9.17, 15) is 9.59 Å². The van der Waals surface area contributed by atoms with Crippen molar-refractivity contribution in [1.82, 2.24) is 20.4 Å². The molecule has 1 aromatic heterocycles. The summed E-state index contributed by atoms with van der Waals surface area (Å²) in [7, 11) is 3.88. The molecule has 0 saturated heterocycles. The summed E-state index contributed by atoms with van der Waals surface area (Å²) >= 11 is 0. The maximum Gasteiger partial charge on any atom is 0.271 e. The number of hydrogen-bond donors (Lipinski definition) is 2. The third kappa shape index (κ3) is 3.47. The van der Waals surface area contributed by atoms with Gasteiger partial charge in [0, 0.05) is 18.7 Å². The van der Waals surface area contributed by atoms with E-state index >= 15 is 0 Å². The molecule has 0 unspecified atom stereocenters. The van der Waals surface area contributed by atoms with E-state index in [4.69, 9.17) is 0 Å². The predicted octanol–water partition coefficient (Wildman–Crippen LogP) is -0.550. The topological polar surface area (TPSA) is 78.1 Å². The molecule has 88 valence electrons. The molecule has 6 heteroatoms. The van der Waals surface area contributed by atoms with Gasteiger partial charge in [-0.05, 0) is 27.1 Å². The van der Waals surface area contributed by atoms with Gasteiger partial charge in [0.2, 0.25) is 0 Å². The molecule has 0 aliphatic rings. The summed E-state index contributed by atoms with van der Waals surface area (Å²) in [5, 5.41) is 8.59. The maximum absolute atomic E-state index is 11.6. The molecule has 1 rings (SSSR count). The molecule has 16 heavy (non-hydrogen) atoms. The summed E-state index contributed by atoms with van der Waals surface area (Å²) in [6.45, 7) is 2.53. The van der Waals surface area contributed by atoms with Crippen LogP contribution in [0.4, 0.5) is 0 Å². The molecule has 0 aliphatic carbocycles. The lowest BCUT2D eigenvalue weighted by molar-refractivity contribution is 0.0937. The van der Waals surface area contributed by atoms with Crippen molar-refractivity contribution in [2.75, 3.05) is 20.6 Å². The molecule has 1 atom stereocenters. The fraction of sp³-hybridized carbons (Fsp3) is 0.500. The predicted molar refractivity (Wildman–Crippen MR) is 60.3 cm³/mol. The fourth-order valence-electron chi connectivity index (χ4n) is 0.984. The minimum Gasteiger partial charge on any atom is -0.349 e. The quantitative estimate of drug-likeness (QED) is 0.719. The van der Waals surface area contributed by atoms with Crippen LogP contribution in [-0.4, -0.2) is 47.7 Å². The van der Waals surface area contributed by atoms with Crippen molar-refractivity contribution in [3.63, 3.8) is 0 Å². The van der Waals surface area contributed by atoms with Crippen molar-refractivity contribution in [3.05, 3.63) is 28.2 Å². The third-order valence-electron chi connectivity index (χ3n) is 2.35. The second-order valence-corrected chi connectivity index (χ2v) is 3.83. The number of H-pyrrole nitrogens is 1. The molecule has 0 spiro atoms. The lowest BCUT2D eigenvalue weighted by Crippen LogP contribution is -2.38. The summed E-state index contributed by atoms with van der Waals surface area (Å²) in [5.74, 6) is -0.287. The molecule has 6 nitrogen and oxygen atoms in total. The van der Waals surface area contributed by atoms with Gasteiger partial charge in [0.05, 0.1) is 0 Å². The van der Waals surface area contributed by atoms with Crippen LogP contribution in [0.15, 0.2) is 16.9 Å². The Morgan fingerprint density at radius 3 is 2.75 bits per heavy atom. The highest BCUT2D eigenvalue weighted by Crippen LogP contribution is 1.92. The largest absolute Gasteiger partial charge is 0.349 e. The van der Waals surface area contributed by atoms with Crippen molar-refractivity contribution >= 4 is 5.91 Å². The van der Waals surface area contributed by atoms with Crippen LogP contribution in [-0.2, 0) is 0 Å². The maximum atomic E-state index is 11.6. The minimum absolute atomic E-state index is 0.213. The molecule has 2 N–H and O–H groups in total. The average molecular weight is 224 g/mol. The first-order chi connectivity index (χ1) is 7.50. The Bertz CT molecular complexity index is 393. The van der Waals surface area contributed by atoms with Crippen LogP contribution in [0, 0.1) is 0 Å². The molecule has 0 saturated carbocycles. The smallest absolute Gasteiger partial charge is 0.271 e. The number of carbonyl (C=O) groups is 1. The van der Waals surface area contributed by atoms with Crippen LogP contribution < -0.4 is 10.9 Å². The summed E-state index contributed by atoms with van der Waals surface area (Å²) in [4.78, 5) is 24.3. The molecule has 0 aromatic carbocycles. The molecular weight excluding hydrogens is 208 g/mol. The number of rotatable bonds is 4.